The van der Waals surface area contributed by atoms with E-state index in [2.05, 4.69) is 10.1 Å². The number of halogens is 4. The van der Waals surface area contributed by atoms with Crippen molar-refractivity contribution < 1.29 is 46.5 Å². The van der Waals surface area contributed by atoms with Crippen LogP contribution in [0.4, 0.5) is 17.6 Å². The summed E-state index contributed by atoms with van der Waals surface area (Å²) in [6.07, 6.45) is -4.62. The third-order valence-electron chi connectivity index (χ3n) is 5.97. The van der Waals surface area contributed by atoms with Gasteiger partial charge >= 0.3 is 18.1 Å². The van der Waals surface area contributed by atoms with Crippen molar-refractivity contribution in [3.63, 3.8) is 0 Å². The van der Waals surface area contributed by atoms with E-state index in [4.69, 9.17) is 9.47 Å². The Kier molecular flexibility index (Phi) is 8.82. The molecule has 11 heteroatoms. The molecule has 0 fully saturated rings. The van der Waals surface area contributed by atoms with Crippen LogP contribution >= 0.6 is 0 Å². The molecular formula is C28H25F4NO6. The largest absolute Gasteiger partial charge is 0.491 e. The van der Waals surface area contributed by atoms with Crippen molar-refractivity contribution in [1.29, 1.82) is 0 Å². The predicted octanol–water partition coefficient (Wildman–Crippen LogP) is 4.46. The minimum Gasteiger partial charge on any atom is -0.491 e. The first-order valence-corrected chi connectivity index (χ1v) is 12.1. The molecule has 2 atom stereocenters. The van der Waals surface area contributed by atoms with Gasteiger partial charge in [0.1, 0.15) is 36.1 Å². The van der Waals surface area contributed by atoms with Gasteiger partial charge in [0.05, 0.1) is 5.56 Å². The number of rotatable bonds is 9. The van der Waals surface area contributed by atoms with Crippen molar-refractivity contribution in [2.75, 3.05) is 19.7 Å². The zero-order valence-corrected chi connectivity index (χ0v) is 20.5. The zero-order valence-electron chi connectivity index (χ0n) is 20.5. The molecule has 0 bridgehead atoms. The van der Waals surface area contributed by atoms with Gasteiger partial charge in [0.25, 0.3) is 0 Å². The van der Waals surface area contributed by atoms with Crippen LogP contribution in [0, 0.1) is 5.82 Å². The standard InChI is InChI=1S/C28H25F4NO6/c29-21-7-10-23(11-8-21)37-16-22(34)14-33-15-24-9-5-20-13-19(6-12-25(20)38-24)17-1-3-18(4-2-17)26(35)39-27(36)28(30,31)32/h1-4,6-8,10-13,22,24,33-34H,5,9,14-16H2/t22?,24-/m1/s1. The maximum atomic E-state index is 12.9. The van der Waals surface area contributed by atoms with Crippen molar-refractivity contribution in [3.05, 3.63) is 83.7 Å². The first-order chi connectivity index (χ1) is 18.6. The van der Waals surface area contributed by atoms with E-state index >= 15 is 0 Å². The summed E-state index contributed by atoms with van der Waals surface area (Å²) in [6.45, 7) is 0.869. The summed E-state index contributed by atoms with van der Waals surface area (Å²) < 4.78 is 65.2. The molecule has 0 saturated heterocycles. The maximum Gasteiger partial charge on any atom is 0.491 e. The van der Waals surface area contributed by atoms with E-state index < -0.39 is 24.2 Å². The number of carbonyl (C=O) groups excluding carboxylic acids is 2. The second-order valence-electron chi connectivity index (χ2n) is 8.93. The Morgan fingerprint density at radius 2 is 1.72 bits per heavy atom. The van der Waals surface area contributed by atoms with Gasteiger partial charge in [-0.3, -0.25) is 0 Å². The van der Waals surface area contributed by atoms with Crippen LogP contribution in [0.2, 0.25) is 0 Å². The highest BCUT2D eigenvalue weighted by atomic mass is 19.4. The number of hydrogen-bond donors (Lipinski definition) is 2. The number of hydrogen-bond acceptors (Lipinski definition) is 7. The van der Waals surface area contributed by atoms with E-state index in [0.717, 1.165) is 35.3 Å². The van der Waals surface area contributed by atoms with Gasteiger partial charge in [0, 0.05) is 13.1 Å². The summed E-state index contributed by atoms with van der Waals surface area (Å²) >= 11 is 0. The first-order valence-electron chi connectivity index (χ1n) is 12.1. The molecular weight excluding hydrogens is 522 g/mol. The Labute approximate surface area is 221 Å². The lowest BCUT2D eigenvalue weighted by Gasteiger charge is -2.27. The molecule has 3 aromatic carbocycles. The summed E-state index contributed by atoms with van der Waals surface area (Å²) in [4.78, 5) is 22.6. The number of ether oxygens (including phenoxy) is 3. The molecule has 1 aliphatic rings. The predicted molar refractivity (Wildman–Crippen MR) is 132 cm³/mol. The van der Waals surface area contributed by atoms with Gasteiger partial charge < -0.3 is 24.6 Å². The molecule has 4 rings (SSSR count). The molecule has 0 spiro atoms. The number of carbonyl (C=O) groups is 2. The van der Waals surface area contributed by atoms with Crippen LogP contribution in [0.5, 0.6) is 11.5 Å². The number of esters is 2. The molecule has 0 aliphatic carbocycles. The van der Waals surface area contributed by atoms with Crippen LogP contribution in [0.1, 0.15) is 22.3 Å². The van der Waals surface area contributed by atoms with Crippen molar-refractivity contribution in [3.8, 4) is 22.6 Å². The van der Waals surface area contributed by atoms with Gasteiger partial charge in [-0.15, -0.1) is 0 Å². The smallest absolute Gasteiger partial charge is 0.491 e. The number of aryl methyl sites for hydroxylation is 1. The highest BCUT2D eigenvalue weighted by Gasteiger charge is 2.42. The van der Waals surface area contributed by atoms with Gasteiger partial charge in [0.2, 0.25) is 0 Å². The number of fused-ring (bicyclic) bond motifs is 1. The zero-order chi connectivity index (χ0) is 28.0. The molecule has 1 heterocycles. The van der Waals surface area contributed by atoms with E-state index in [9.17, 15) is 32.3 Å². The van der Waals surface area contributed by atoms with Gasteiger partial charge in [0.15, 0.2) is 0 Å². The molecule has 0 saturated carbocycles. The van der Waals surface area contributed by atoms with Crippen LogP contribution in [-0.4, -0.2) is 55.1 Å². The Balaban J connectivity index is 1.25. The van der Waals surface area contributed by atoms with Gasteiger partial charge in [-0.05, 0) is 78.1 Å². The minimum atomic E-state index is -5.25. The molecule has 2 N–H and O–H groups in total. The third kappa shape index (κ3) is 7.78. The summed E-state index contributed by atoms with van der Waals surface area (Å²) in [7, 11) is 0. The Hall–Kier alpha value is -3.96. The van der Waals surface area contributed by atoms with E-state index in [1.165, 1.54) is 36.4 Å². The summed E-state index contributed by atoms with van der Waals surface area (Å²) in [6, 6.07) is 16.8. The molecule has 7 nitrogen and oxygen atoms in total. The first kappa shape index (κ1) is 28.1. The van der Waals surface area contributed by atoms with Crippen molar-refractivity contribution in [2.45, 2.75) is 31.2 Å². The maximum absolute atomic E-state index is 12.9. The van der Waals surface area contributed by atoms with E-state index in [1.54, 1.807) is 12.1 Å². The lowest BCUT2D eigenvalue weighted by molar-refractivity contribution is -0.193. The quantitative estimate of drug-likeness (QED) is 0.232. The third-order valence-corrected chi connectivity index (χ3v) is 5.97. The normalized spacial score (nSPS) is 15.6. The molecule has 0 aromatic heterocycles. The Morgan fingerprint density at radius 3 is 2.41 bits per heavy atom. The van der Waals surface area contributed by atoms with Crippen LogP contribution in [0.25, 0.3) is 11.1 Å². The molecule has 3 aromatic rings. The molecule has 0 radical (unpaired) electrons. The van der Waals surface area contributed by atoms with Gasteiger partial charge in [-0.2, -0.15) is 13.2 Å². The Bertz CT molecular complexity index is 1290. The van der Waals surface area contributed by atoms with Gasteiger partial charge in [-0.25, -0.2) is 14.0 Å². The SMILES string of the molecule is O=C(OC(=O)C(F)(F)F)c1ccc(-c2ccc3c(c2)CC[C@H](CNCC(O)COc2ccc(F)cc2)O3)cc1. The van der Waals surface area contributed by atoms with Crippen molar-refractivity contribution in [2.24, 2.45) is 0 Å². The molecule has 1 aliphatic heterocycles. The van der Waals surface area contributed by atoms with E-state index in [0.29, 0.717) is 18.8 Å². The minimum absolute atomic E-state index is 0.0591. The highest BCUT2D eigenvalue weighted by molar-refractivity contribution is 5.98. The fourth-order valence-electron chi connectivity index (χ4n) is 3.96. The Morgan fingerprint density at radius 1 is 1.03 bits per heavy atom. The van der Waals surface area contributed by atoms with Crippen LogP contribution in [0.3, 0.4) is 0 Å². The molecule has 39 heavy (non-hydrogen) atoms. The number of benzene rings is 3. The lowest BCUT2D eigenvalue weighted by atomic mass is 9.96. The number of alkyl halides is 3. The van der Waals surface area contributed by atoms with Crippen molar-refractivity contribution in [1.82, 2.24) is 5.32 Å². The van der Waals surface area contributed by atoms with E-state index in [1.807, 2.05) is 18.2 Å². The summed E-state index contributed by atoms with van der Waals surface area (Å²) in [5, 5.41) is 13.3. The van der Waals surface area contributed by atoms with Crippen molar-refractivity contribution >= 4 is 11.9 Å². The topological polar surface area (TPSA) is 94.1 Å². The monoisotopic (exact) mass is 547 g/mol. The molecule has 0 amide bonds. The number of aliphatic hydroxyl groups is 1. The molecule has 206 valence electrons. The lowest BCUT2D eigenvalue weighted by Crippen LogP contribution is -2.39. The van der Waals surface area contributed by atoms with E-state index in [-0.39, 0.29) is 24.1 Å². The van der Waals surface area contributed by atoms with Gasteiger partial charge in [-0.1, -0.05) is 18.2 Å². The summed E-state index contributed by atoms with van der Waals surface area (Å²) in [5.41, 5.74) is 2.34. The van der Waals surface area contributed by atoms with Crippen LogP contribution < -0.4 is 14.8 Å². The second kappa shape index (κ2) is 12.3. The number of aliphatic hydroxyl groups excluding tert-OH is 1. The fraction of sp³-hybridized carbons (Fsp3) is 0.286. The second-order valence-corrected chi connectivity index (χ2v) is 8.93. The average Bonchev–Trinajstić information content (AvgIpc) is 2.92. The summed E-state index contributed by atoms with van der Waals surface area (Å²) in [5.74, 6) is -3.11. The van der Waals surface area contributed by atoms with Crippen LogP contribution in [-0.2, 0) is 16.0 Å². The fourth-order valence-corrected chi connectivity index (χ4v) is 3.96. The number of nitrogens with one attached hydrogen (secondary N) is 1. The average molecular weight is 548 g/mol. The molecule has 1 unspecified atom stereocenters. The highest BCUT2D eigenvalue weighted by Crippen LogP contribution is 2.32. The van der Waals surface area contributed by atoms with Crippen LogP contribution in [0.15, 0.2) is 66.7 Å².